The van der Waals surface area contributed by atoms with Gasteiger partial charge in [-0.05, 0) is 72.6 Å². The fourth-order valence-electron chi connectivity index (χ4n) is 6.72. The Morgan fingerprint density at radius 1 is 0.756 bits per heavy atom. The zero-order valence-corrected chi connectivity index (χ0v) is 28.5. The molecule has 1 saturated heterocycles. The summed E-state index contributed by atoms with van der Waals surface area (Å²) in [5, 5.41) is 9.97. The van der Waals surface area contributed by atoms with Crippen molar-refractivity contribution in [3.8, 4) is 0 Å². The first kappa shape index (κ1) is 31.8. The van der Waals surface area contributed by atoms with E-state index in [4.69, 9.17) is 58.0 Å². The topological polar surface area (TPSA) is 47.6 Å². The quantitative estimate of drug-likeness (QED) is 0.208. The molecule has 0 aromatic heterocycles. The summed E-state index contributed by atoms with van der Waals surface area (Å²) in [5.41, 5.74) is 6.06. The minimum atomic E-state index is -0.0479. The molecule has 1 amide bonds. The molecule has 2 heterocycles. The van der Waals surface area contributed by atoms with Gasteiger partial charge in [-0.1, -0.05) is 94.4 Å². The van der Waals surface area contributed by atoms with E-state index in [1.165, 1.54) is 5.56 Å². The predicted octanol–water partition coefficient (Wildman–Crippen LogP) is 8.40. The normalized spacial score (nSPS) is 21.4. The average Bonchev–Trinajstić information content (AvgIpc) is 3.96. The van der Waals surface area contributed by atoms with Crippen LogP contribution in [0.2, 0.25) is 25.1 Å². The molecular formula is C35H35Cl5N4O. The van der Waals surface area contributed by atoms with Crippen LogP contribution in [-0.2, 0) is 24.4 Å². The van der Waals surface area contributed by atoms with Gasteiger partial charge in [0.2, 0.25) is 0 Å². The zero-order valence-electron chi connectivity index (χ0n) is 24.8. The molecule has 236 valence electrons. The number of hydrogen-bond acceptors (Lipinski definition) is 4. The van der Waals surface area contributed by atoms with Crippen molar-refractivity contribution in [3.63, 3.8) is 0 Å². The Labute approximate surface area is 289 Å². The molecule has 2 atom stereocenters. The smallest absolute Gasteiger partial charge is 0.252 e. The van der Waals surface area contributed by atoms with Crippen LogP contribution >= 0.6 is 58.0 Å². The lowest BCUT2D eigenvalue weighted by Gasteiger charge is -2.41. The van der Waals surface area contributed by atoms with Crippen molar-refractivity contribution in [1.82, 2.24) is 20.4 Å². The number of carbonyl (C=O) groups excluding carboxylic acids is 1. The number of carbonyl (C=O) groups is 1. The number of nitrogens with one attached hydrogen (secondary N) is 2. The summed E-state index contributed by atoms with van der Waals surface area (Å²) in [6.07, 6.45) is 5.12. The van der Waals surface area contributed by atoms with Gasteiger partial charge in [-0.25, -0.2) is 0 Å². The van der Waals surface area contributed by atoms with E-state index in [1.807, 2.05) is 23.1 Å². The minimum Gasteiger partial charge on any atom is -0.331 e. The minimum absolute atomic E-state index is 0.0479. The van der Waals surface area contributed by atoms with Crippen LogP contribution in [0.15, 0.2) is 60.2 Å². The second-order valence-electron chi connectivity index (χ2n) is 12.7. The lowest BCUT2D eigenvalue weighted by Crippen LogP contribution is -2.60. The van der Waals surface area contributed by atoms with Gasteiger partial charge in [-0.3, -0.25) is 9.69 Å². The summed E-state index contributed by atoms with van der Waals surface area (Å²) in [5.74, 6) is 0.0856. The van der Waals surface area contributed by atoms with E-state index in [9.17, 15) is 4.79 Å². The van der Waals surface area contributed by atoms with Gasteiger partial charge in [0.1, 0.15) is 0 Å². The standard InChI is InChI=1S/C35H35Cl5N4O/c36-28-12-13-30(38)34(40)27(28)19-43(24-8-9-24)17-20-4-6-21(7-5-20)26-14-23-15-41-16-31(42-23)32(26)35(45)44(25-10-11-25)18-22-2-1-3-29(37)33(22)39/h1-7,12-13,23-25,31,41-42H,8-11,14-19H2. The number of halogens is 5. The summed E-state index contributed by atoms with van der Waals surface area (Å²) in [7, 11) is 0. The van der Waals surface area contributed by atoms with Gasteiger partial charge >= 0.3 is 0 Å². The van der Waals surface area contributed by atoms with Gasteiger partial charge < -0.3 is 15.5 Å². The number of piperazine rings is 1. The summed E-state index contributed by atoms with van der Waals surface area (Å²) in [6, 6.07) is 18.9. The molecule has 0 radical (unpaired) electrons. The van der Waals surface area contributed by atoms with Crippen LogP contribution in [0.3, 0.4) is 0 Å². The number of nitrogens with zero attached hydrogens (tertiary/aromatic N) is 2. The lowest BCUT2D eigenvalue weighted by molar-refractivity contribution is -0.128. The Balaban J connectivity index is 1.16. The van der Waals surface area contributed by atoms with Crippen molar-refractivity contribution in [1.29, 1.82) is 0 Å². The first-order valence-corrected chi connectivity index (χ1v) is 17.5. The van der Waals surface area contributed by atoms with E-state index in [0.29, 0.717) is 44.2 Å². The molecule has 5 nitrogen and oxygen atoms in total. The highest BCUT2D eigenvalue weighted by atomic mass is 35.5. The van der Waals surface area contributed by atoms with Gasteiger partial charge in [0.05, 0.1) is 26.1 Å². The van der Waals surface area contributed by atoms with Crippen molar-refractivity contribution >= 4 is 69.5 Å². The van der Waals surface area contributed by atoms with Crippen LogP contribution in [0.4, 0.5) is 0 Å². The van der Waals surface area contributed by atoms with Crippen molar-refractivity contribution in [2.45, 2.75) is 75.9 Å². The molecule has 2 unspecified atom stereocenters. The number of fused-ring (bicyclic) bond motifs is 2. The molecule has 2 aliphatic heterocycles. The average molecular weight is 705 g/mol. The number of benzene rings is 3. The molecule has 2 N–H and O–H groups in total. The highest BCUT2D eigenvalue weighted by Gasteiger charge is 2.41. The molecule has 7 rings (SSSR count). The van der Waals surface area contributed by atoms with Crippen molar-refractivity contribution in [2.24, 2.45) is 0 Å². The van der Waals surface area contributed by atoms with Gasteiger partial charge in [0, 0.05) is 67.0 Å². The fourth-order valence-corrected chi connectivity index (χ4v) is 7.76. The zero-order chi connectivity index (χ0) is 31.2. The summed E-state index contributed by atoms with van der Waals surface area (Å²) in [6.45, 7) is 3.47. The Morgan fingerprint density at radius 3 is 2.20 bits per heavy atom. The van der Waals surface area contributed by atoms with Crippen LogP contribution in [-0.4, -0.2) is 53.0 Å². The van der Waals surface area contributed by atoms with Gasteiger partial charge in [-0.15, -0.1) is 0 Å². The van der Waals surface area contributed by atoms with E-state index in [-0.39, 0.29) is 24.0 Å². The maximum Gasteiger partial charge on any atom is 0.252 e. The second kappa shape index (κ2) is 13.4. The highest BCUT2D eigenvalue weighted by molar-refractivity contribution is 6.44. The number of amides is 1. The molecular weight excluding hydrogens is 670 g/mol. The third kappa shape index (κ3) is 6.93. The third-order valence-electron chi connectivity index (χ3n) is 9.40. The fraction of sp³-hybridized carbons (Fsp3) is 0.400. The Bertz CT molecular complexity index is 1640. The Kier molecular flexibility index (Phi) is 9.44. The van der Waals surface area contributed by atoms with Crippen LogP contribution in [0.5, 0.6) is 0 Å². The van der Waals surface area contributed by atoms with E-state index < -0.39 is 0 Å². The first-order valence-electron chi connectivity index (χ1n) is 15.7. The third-order valence-corrected chi connectivity index (χ3v) is 11.5. The molecule has 2 saturated carbocycles. The molecule has 4 aliphatic rings. The molecule has 2 bridgehead atoms. The SMILES string of the molecule is O=C(C1=C(c2ccc(CN(Cc3c(Cl)ccc(Cl)c3Cl)C3CC3)cc2)CC2CNCC1N2)N(Cc1cccc(Cl)c1Cl)C1CC1. The van der Waals surface area contributed by atoms with Crippen LogP contribution in [0, 0.1) is 0 Å². The monoisotopic (exact) mass is 702 g/mol. The van der Waals surface area contributed by atoms with Gasteiger partial charge in [-0.2, -0.15) is 0 Å². The molecule has 0 spiro atoms. The van der Waals surface area contributed by atoms with E-state index in [0.717, 1.165) is 79.6 Å². The van der Waals surface area contributed by atoms with Crippen LogP contribution < -0.4 is 10.6 Å². The lowest BCUT2D eigenvalue weighted by atomic mass is 9.83. The molecule has 3 aromatic carbocycles. The van der Waals surface area contributed by atoms with Crippen molar-refractivity contribution in [3.05, 3.63) is 108 Å². The summed E-state index contributed by atoms with van der Waals surface area (Å²) < 4.78 is 0. The van der Waals surface area contributed by atoms with Gasteiger partial charge in [0.15, 0.2) is 0 Å². The van der Waals surface area contributed by atoms with E-state index >= 15 is 0 Å². The maximum atomic E-state index is 14.5. The number of rotatable bonds is 10. The maximum absolute atomic E-state index is 14.5. The van der Waals surface area contributed by atoms with Crippen LogP contribution in [0.25, 0.3) is 5.57 Å². The molecule has 2 aliphatic carbocycles. The van der Waals surface area contributed by atoms with Crippen LogP contribution in [0.1, 0.15) is 54.4 Å². The van der Waals surface area contributed by atoms with Crippen molar-refractivity contribution in [2.75, 3.05) is 13.1 Å². The number of hydrogen-bond donors (Lipinski definition) is 2. The molecule has 3 fully saturated rings. The summed E-state index contributed by atoms with van der Waals surface area (Å²) in [4.78, 5) is 18.9. The van der Waals surface area contributed by atoms with E-state index in [1.54, 1.807) is 12.1 Å². The summed E-state index contributed by atoms with van der Waals surface area (Å²) >= 11 is 32.3. The molecule has 3 aromatic rings. The van der Waals surface area contributed by atoms with E-state index in [2.05, 4.69) is 39.8 Å². The molecule has 10 heteroatoms. The van der Waals surface area contributed by atoms with Gasteiger partial charge in [0.25, 0.3) is 5.91 Å². The Hall–Kier alpha value is -1.80. The second-order valence-corrected chi connectivity index (χ2v) is 14.7. The Morgan fingerprint density at radius 2 is 1.47 bits per heavy atom. The highest BCUT2D eigenvalue weighted by Crippen LogP contribution is 2.39. The molecule has 45 heavy (non-hydrogen) atoms. The van der Waals surface area contributed by atoms with Crippen molar-refractivity contribution < 1.29 is 4.79 Å². The predicted molar refractivity (Wildman–Crippen MR) is 185 cm³/mol. The largest absolute Gasteiger partial charge is 0.331 e. The first-order chi connectivity index (χ1) is 21.8.